The maximum atomic E-state index is 13.4. The zero-order valence-electron chi connectivity index (χ0n) is 12.2. The van der Waals surface area contributed by atoms with Gasteiger partial charge in [0.15, 0.2) is 0 Å². The molecule has 20 heavy (non-hydrogen) atoms. The number of rotatable bonds is 8. The number of methoxy groups -OCH3 is 1. The van der Waals surface area contributed by atoms with Crippen LogP contribution < -0.4 is 0 Å². The molecule has 0 radical (unpaired) electrons. The van der Waals surface area contributed by atoms with Crippen molar-refractivity contribution in [2.45, 2.75) is 32.9 Å². The van der Waals surface area contributed by atoms with E-state index < -0.39 is 11.8 Å². The first kappa shape index (κ1) is 16.6. The van der Waals surface area contributed by atoms with E-state index >= 15 is 0 Å². The van der Waals surface area contributed by atoms with Gasteiger partial charge in [0.1, 0.15) is 5.82 Å². The maximum absolute atomic E-state index is 13.4. The van der Waals surface area contributed by atoms with Crippen molar-refractivity contribution in [2.24, 2.45) is 0 Å². The number of carboxylic acids is 1. The lowest BCUT2D eigenvalue weighted by Crippen LogP contribution is -2.35. The largest absolute Gasteiger partial charge is 0.478 e. The Labute approximate surface area is 119 Å². The molecule has 1 aromatic rings. The summed E-state index contributed by atoms with van der Waals surface area (Å²) in [5, 5.41) is 9.18. The van der Waals surface area contributed by atoms with E-state index in [1.807, 2.05) is 0 Å². The average Bonchev–Trinajstić information content (AvgIpc) is 2.42. The van der Waals surface area contributed by atoms with Crippen LogP contribution in [0.1, 0.15) is 36.2 Å². The van der Waals surface area contributed by atoms with Crippen molar-refractivity contribution in [2.75, 3.05) is 20.3 Å². The summed E-state index contributed by atoms with van der Waals surface area (Å²) < 4.78 is 18.4. The van der Waals surface area contributed by atoms with E-state index in [2.05, 4.69) is 18.7 Å². The Morgan fingerprint density at radius 3 is 2.75 bits per heavy atom. The highest BCUT2D eigenvalue weighted by Gasteiger charge is 2.17. The molecule has 4 nitrogen and oxygen atoms in total. The van der Waals surface area contributed by atoms with Crippen molar-refractivity contribution in [3.05, 3.63) is 35.1 Å². The SMILES string of the molecule is CCC(C)N(CCOC)Cc1cc(F)ccc1C(=O)O. The number of carboxylic acid groups (broad SMARTS) is 1. The van der Waals surface area contributed by atoms with E-state index in [0.29, 0.717) is 25.3 Å². The average molecular weight is 283 g/mol. The Bertz CT molecular complexity index is 451. The van der Waals surface area contributed by atoms with Crippen molar-refractivity contribution >= 4 is 5.97 Å². The lowest BCUT2D eigenvalue weighted by atomic mass is 10.1. The van der Waals surface area contributed by atoms with Crippen molar-refractivity contribution in [3.63, 3.8) is 0 Å². The molecule has 0 aliphatic carbocycles. The minimum Gasteiger partial charge on any atom is -0.478 e. The maximum Gasteiger partial charge on any atom is 0.336 e. The highest BCUT2D eigenvalue weighted by molar-refractivity contribution is 5.89. The number of nitrogens with zero attached hydrogens (tertiary/aromatic N) is 1. The van der Waals surface area contributed by atoms with E-state index in [-0.39, 0.29) is 11.6 Å². The molecule has 1 atom stereocenters. The van der Waals surface area contributed by atoms with Gasteiger partial charge < -0.3 is 9.84 Å². The second kappa shape index (κ2) is 7.97. The number of aromatic carboxylic acids is 1. The number of benzene rings is 1. The predicted octanol–water partition coefficient (Wildman–Crippen LogP) is 2.77. The second-order valence-electron chi connectivity index (χ2n) is 4.83. The topological polar surface area (TPSA) is 49.8 Å². The zero-order chi connectivity index (χ0) is 15.1. The highest BCUT2D eigenvalue weighted by Crippen LogP contribution is 2.16. The van der Waals surface area contributed by atoms with Crippen LogP contribution in [0.5, 0.6) is 0 Å². The van der Waals surface area contributed by atoms with Gasteiger partial charge in [-0.15, -0.1) is 0 Å². The molecule has 1 rings (SSSR count). The van der Waals surface area contributed by atoms with Gasteiger partial charge >= 0.3 is 5.97 Å². The van der Waals surface area contributed by atoms with Crippen LogP contribution in [0.25, 0.3) is 0 Å². The molecule has 0 fully saturated rings. The van der Waals surface area contributed by atoms with E-state index in [0.717, 1.165) is 6.42 Å². The van der Waals surface area contributed by atoms with Crippen molar-refractivity contribution in [3.8, 4) is 0 Å². The quantitative estimate of drug-likeness (QED) is 0.797. The summed E-state index contributed by atoms with van der Waals surface area (Å²) in [6.07, 6.45) is 0.932. The van der Waals surface area contributed by atoms with Crippen LogP contribution in [0, 0.1) is 5.82 Å². The Kier molecular flexibility index (Phi) is 6.61. The van der Waals surface area contributed by atoms with Gasteiger partial charge in [-0.05, 0) is 37.1 Å². The molecular formula is C15H22FNO3. The first-order valence-corrected chi connectivity index (χ1v) is 6.74. The molecule has 1 aromatic carbocycles. The molecule has 0 saturated heterocycles. The smallest absolute Gasteiger partial charge is 0.336 e. The Hall–Kier alpha value is -1.46. The molecule has 0 aliphatic heterocycles. The first-order valence-electron chi connectivity index (χ1n) is 6.74. The fourth-order valence-electron chi connectivity index (χ4n) is 2.04. The third kappa shape index (κ3) is 4.58. The highest BCUT2D eigenvalue weighted by atomic mass is 19.1. The summed E-state index contributed by atoms with van der Waals surface area (Å²) in [7, 11) is 1.62. The van der Waals surface area contributed by atoms with Gasteiger partial charge in [0.25, 0.3) is 0 Å². The van der Waals surface area contributed by atoms with Crippen LogP contribution >= 0.6 is 0 Å². The number of carbonyl (C=O) groups is 1. The van der Waals surface area contributed by atoms with Gasteiger partial charge in [-0.3, -0.25) is 4.90 Å². The molecule has 5 heteroatoms. The molecule has 0 saturated carbocycles. The number of ether oxygens (including phenoxy) is 1. The molecule has 112 valence electrons. The predicted molar refractivity (Wildman–Crippen MR) is 75.4 cm³/mol. The third-order valence-corrected chi connectivity index (χ3v) is 3.47. The van der Waals surface area contributed by atoms with E-state index in [1.165, 1.54) is 18.2 Å². The molecule has 1 unspecified atom stereocenters. The van der Waals surface area contributed by atoms with Gasteiger partial charge in [0, 0.05) is 26.2 Å². The standard InChI is InChI=1S/C15H22FNO3/c1-4-11(2)17(7-8-20-3)10-12-9-13(16)5-6-14(12)15(18)19/h5-6,9,11H,4,7-8,10H2,1-3H3,(H,18,19). The molecule has 0 amide bonds. The van der Waals surface area contributed by atoms with Crippen LogP contribution in [0.15, 0.2) is 18.2 Å². The van der Waals surface area contributed by atoms with Crippen LogP contribution in [0.4, 0.5) is 4.39 Å². The van der Waals surface area contributed by atoms with Gasteiger partial charge in [0.2, 0.25) is 0 Å². The van der Waals surface area contributed by atoms with Crippen LogP contribution in [0.2, 0.25) is 0 Å². The summed E-state index contributed by atoms with van der Waals surface area (Å²) in [4.78, 5) is 13.3. The summed E-state index contributed by atoms with van der Waals surface area (Å²) in [6, 6.07) is 4.06. The fourth-order valence-corrected chi connectivity index (χ4v) is 2.04. The summed E-state index contributed by atoms with van der Waals surface area (Å²) in [6.45, 7) is 5.77. The van der Waals surface area contributed by atoms with Crippen LogP contribution in [-0.4, -0.2) is 42.3 Å². The van der Waals surface area contributed by atoms with Crippen molar-refractivity contribution in [1.29, 1.82) is 0 Å². The molecule has 0 heterocycles. The molecular weight excluding hydrogens is 261 g/mol. The lowest BCUT2D eigenvalue weighted by molar-refractivity contribution is 0.0692. The number of hydrogen-bond donors (Lipinski definition) is 1. The van der Waals surface area contributed by atoms with E-state index in [1.54, 1.807) is 7.11 Å². The molecule has 0 bridgehead atoms. The minimum absolute atomic E-state index is 0.150. The van der Waals surface area contributed by atoms with Gasteiger partial charge in [-0.25, -0.2) is 9.18 Å². The van der Waals surface area contributed by atoms with E-state index in [4.69, 9.17) is 4.74 Å². The number of hydrogen-bond acceptors (Lipinski definition) is 3. The zero-order valence-corrected chi connectivity index (χ0v) is 12.2. The Balaban J connectivity index is 2.96. The normalized spacial score (nSPS) is 12.7. The minimum atomic E-state index is -1.03. The van der Waals surface area contributed by atoms with Crippen molar-refractivity contribution in [1.82, 2.24) is 4.90 Å². The summed E-state index contributed by atoms with van der Waals surface area (Å²) in [5.74, 6) is -1.45. The molecule has 1 N–H and O–H groups in total. The van der Waals surface area contributed by atoms with Gasteiger partial charge in [-0.2, -0.15) is 0 Å². The van der Waals surface area contributed by atoms with Crippen LogP contribution in [-0.2, 0) is 11.3 Å². The molecule has 0 spiro atoms. The number of halogens is 1. The lowest BCUT2D eigenvalue weighted by Gasteiger charge is -2.28. The fraction of sp³-hybridized carbons (Fsp3) is 0.533. The van der Waals surface area contributed by atoms with Gasteiger partial charge in [0.05, 0.1) is 12.2 Å². The summed E-state index contributed by atoms with van der Waals surface area (Å²) in [5.41, 5.74) is 0.644. The molecule has 0 aliphatic rings. The third-order valence-electron chi connectivity index (χ3n) is 3.47. The van der Waals surface area contributed by atoms with Crippen molar-refractivity contribution < 1.29 is 19.0 Å². The Morgan fingerprint density at radius 2 is 2.20 bits per heavy atom. The molecule has 0 aromatic heterocycles. The monoisotopic (exact) mass is 283 g/mol. The van der Waals surface area contributed by atoms with Crippen LogP contribution in [0.3, 0.4) is 0 Å². The summed E-state index contributed by atoms with van der Waals surface area (Å²) >= 11 is 0. The van der Waals surface area contributed by atoms with E-state index in [9.17, 15) is 14.3 Å². The van der Waals surface area contributed by atoms with Gasteiger partial charge in [-0.1, -0.05) is 6.92 Å². The second-order valence-corrected chi connectivity index (χ2v) is 4.83. The first-order chi connectivity index (χ1) is 9.49. The Morgan fingerprint density at radius 1 is 1.50 bits per heavy atom.